The van der Waals surface area contributed by atoms with E-state index in [2.05, 4.69) is 0 Å². The summed E-state index contributed by atoms with van der Waals surface area (Å²) in [4.78, 5) is 0. The summed E-state index contributed by atoms with van der Waals surface area (Å²) >= 11 is 0. The van der Waals surface area contributed by atoms with Gasteiger partial charge in [-0.3, -0.25) is 0 Å². The maximum absolute atomic E-state index is 9.51. The Labute approximate surface area is 109 Å². The zero-order valence-corrected chi connectivity index (χ0v) is 11.6. The van der Waals surface area contributed by atoms with Crippen molar-refractivity contribution in [2.45, 2.75) is 0 Å². The van der Waals surface area contributed by atoms with Crippen molar-refractivity contribution >= 4 is 20.2 Å². The summed E-state index contributed by atoms with van der Waals surface area (Å²) in [6.45, 7) is 0. The van der Waals surface area contributed by atoms with Crippen molar-refractivity contribution in [3.63, 3.8) is 0 Å². The third-order valence-electron chi connectivity index (χ3n) is 0.289. The third kappa shape index (κ3) is 18.6. The Morgan fingerprint density at radius 3 is 1.00 bits per heavy atom. The zero-order valence-electron chi connectivity index (χ0n) is 5.97. The fourth-order valence-electron chi connectivity index (χ4n) is 0.177. The second-order valence-corrected chi connectivity index (χ2v) is 4.41. The van der Waals surface area contributed by atoms with Crippen LogP contribution in [0.15, 0.2) is 0 Å². The van der Waals surface area contributed by atoms with Crippen LogP contribution in [0.25, 0.3) is 0 Å². The first-order valence-corrected chi connectivity index (χ1v) is 4.73. The first-order valence-electron chi connectivity index (χ1n) is 1.58. The predicted molar refractivity (Wildman–Crippen MR) is 24.3 cm³/mol. The van der Waals surface area contributed by atoms with Crippen LogP contribution in [0.3, 0.4) is 0 Å². The standard InChI is InChI=1S/CH4O6S2.2Na/c2-8(3,4)1-9(5,6)7;;/h1H2,(H,2,3,4)(H,5,6,7);;/q;2*+1/p-2. The normalized spacial score (nSPS) is 11.1. The Bertz CT molecular complexity index is 244. The quantitative estimate of drug-likeness (QED) is 0.337. The van der Waals surface area contributed by atoms with Gasteiger partial charge in [-0.2, -0.15) is 0 Å². The summed E-state index contributed by atoms with van der Waals surface area (Å²) in [5.74, 6) is 0. The molecule has 0 amide bonds. The smallest absolute Gasteiger partial charge is 0.747 e. The van der Waals surface area contributed by atoms with E-state index < -0.39 is 25.3 Å². The van der Waals surface area contributed by atoms with Crippen LogP contribution < -0.4 is 59.1 Å². The molecule has 0 aromatic carbocycles. The molecule has 0 fully saturated rings. The Hall–Kier alpha value is 1.82. The molecule has 0 radical (unpaired) electrons. The van der Waals surface area contributed by atoms with Crippen molar-refractivity contribution in [3.05, 3.63) is 0 Å². The fraction of sp³-hybridized carbons (Fsp3) is 1.00. The first kappa shape index (κ1) is 18.6. The van der Waals surface area contributed by atoms with Gasteiger partial charge >= 0.3 is 59.1 Å². The maximum Gasteiger partial charge on any atom is 1.00 e. The molecule has 0 aliphatic heterocycles. The van der Waals surface area contributed by atoms with Gasteiger partial charge in [-0.15, -0.1) is 0 Å². The summed E-state index contributed by atoms with van der Waals surface area (Å²) in [6, 6.07) is 0. The minimum atomic E-state index is -4.93. The molecule has 11 heavy (non-hydrogen) atoms. The molecule has 10 heteroatoms. The molecule has 0 aromatic heterocycles. The van der Waals surface area contributed by atoms with Crippen LogP contribution in [-0.2, 0) is 20.2 Å². The van der Waals surface area contributed by atoms with E-state index >= 15 is 0 Å². The first-order chi connectivity index (χ1) is 3.71. The summed E-state index contributed by atoms with van der Waals surface area (Å²) in [5, 5.41) is -1.88. The molecule has 0 atom stereocenters. The minimum absolute atomic E-state index is 0. The van der Waals surface area contributed by atoms with Crippen molar-refractivity contribution in [1.29, 1.82) is 0 Å². The SMILES string of the molecule is O=S(=O)([O-])CS(=O)(=O)[O-].[Na+].[Na+]. The molecule has 56 valence electrons. The van der Waals surface area contributed by atoms with Gasteiger partial charge in [-0.25, -0.2) is 16.8 Å². The molecular formula is CH2Na2O6S2. The molecule has 0 saturated carbocycles. The van der Waals surface area contributed by atoms with Gasteiger partial charge in [0.05, 0.1) is 0 Å². The molecule has 0 aliphatic carbocycles. The van der Waals surface area contributed by atoms with Gasteiger partial charge in [0.1, 0.15) is 25.3 Å². The van der Waals surface area contributed by atoms with Gasteiger partial charge in [0.15, 0.2) is 0 Å². The van der Waals surface area contributed by atoms with Gasteiger partial charge < -0.3 is 9.11 Å². The van der Waals surface area contributed by atoms with E-state index in [4.69, 9.17) is 0 Å². The summed E-state index contributed by atoms with van der Waals surface area (Å²) in [5.41, 5.74) is 0. The van der Waals surface area contributed by atoms with Crippen LogP contribution in [0.5, 0.6) is 0 Å². The van der Waals surface area contributed by atoms with Crippen molar-refractivity contribution in [2.75, 3.05) is 5.08 Å². The monoisotopic (exact) mass is 220 g/mol. The van der Waals surface area contributed by atoms with E-state index in [9.17, 15) is 25.9 Å². The van der Waals surface area contributed by atoms with Crippen LogP contribution in [0.1, 0.15) is 0 Å². The molecule has 0 rings (SSSR count). The van der Waals surface area contributed by atoms with E-state index in [-0.39, 0.29) is 59.1 Å². The summed E-state index contributed by atoms with van der Waals surface area (Å²) < 4.78 is 57.1. The van der Waals surface area contributed by atoms with E-state index in [1.54, 1.807) is 0 Å². The van der Waals surface area contributed by atoms with Crippen LogP contribution in [-0.4, -0.2) is 31.0 Å². The van der Waals surface area contributed by atoms with Crippen LogP contribution in [0.2, 0.25) is 0 Å². The van der Waals surface area contributed by atoms with Crippen LogP contribution in [0.4, 0.5) is 0 Å². The van der Waals surface area contributed by atoms with Gasteiger partial charge in [-0.05, 0) is 0 Å². The minimum Gasteiger partial charge on any atom is -0.747 e. The Kier molecular flexibility index (Phi) is 10.6. The Morgan fingerprint density at radius 1 is 0.818 bits per heavy atom. The van der Waals surface area contributed by atoms with Gasteiger partial charge in [0, 0.05) is 0 Å². The molecule has 0 aromatic rings. The van der Waals surface area contributed by atoms with Crippen LogP contribution >= 0.6 is 0 Å². The number of rotatable bonds is 2. The molecular weight excluding hydrogens is 218 g/mol. The van der Waals surface area contributed by atoms with E-state index in [1.807, 2.05) is 0 Å². The molecule has 0 N–H and O–H groups in total. The summed E-state index contributed by atoms with van der Waals surface area (Å²) in [6.07, 6.45) is 0. The second-order valence-electron chi connectivity index (χ2n) is 1.23. The third-order valence-corrected chi connectivity index (χ3v) is 2.60. The zero-order chi connectivity index (χ0) is 7.71. The average molecular weight is 220 g/mol. The van der Waals surface area contributed by atoms with Crippen molar-refractivity contribution < 1.29 is 85.1 Å². The maximum atomic E-state index is 9.51. The van der Waals surface area contributed by atoms with Crippen molar-refractivity contribution in [2.24, 2.45) is 0 Å². The van der Waals surface area contributed by atoms with Crippen molar-refractivity contribution in [3.8, 4) is 0 Å². The second kappa shape index (κ2) is 6.30. The topological polar surface area (TPSA) is 114 Å². The number of hydrogen-bond donors (Lipinski definition) is 0. The average Bonchev–Trinajstić information content (AvgIpc) is 1.14. The van der Waals surface area contributed by atoms with Gasteiger partial charge in [0.2, 0.25) is 0 Å². The molecule has 0 bridgehead atoms. The molecule has 0 heterocycles. The largest absolute Gasteiger partial charge is 1.00 e. The van der Waals surface area contributed by atoms with Crippen molar-refractivity contribution in [1.82, 2.24) is 0 Å². The molecule has 0 unspecified atom stereocenters. The van der Waals surface area contributed by atoms with Crippen LogP contribution in [0, 0.1) is 0 Å². The number of hydrogen-bond acceptors (Lipinski definition) is 6. The van der Waals surface area contributed by atoms with E-state index in [1.165, 1.54) is 0 Å². The molecule has 0 aliphatic rings. The van der Waals surface area contributed by atoms with E-state index in [0.29, 0.717) is 0 Å². The van der Waals surface area contributed by atoms with E-state index in [0.717, 1.165) is 0 Å². The Balaban J connectivity index is -0.000000320. The Morgan fingerprint density at radius 2 is 1.00 bits per heavy atom. The van der Waals surface area contributed by atoms with Gasteiger partial charge in [0.25, 0.3) is 0 Å². The summed E-state index contributed by atoms with van der Waals surface area (Å²) in [7, 11) is -9.86. The predicted octanol–water partition coefficient (Wildman–Crippen LogP) is -7.96. The molecule has 0 spiro atoms. The molecule has 0 saturated heterocycles. The van der Waals surface area contributed by atoms with Gasteiger partial charge in [-0.1, -0.05) is 0 Å². The molecule has 6 nitrogen and oxygen atoms in total. The fourth-order valence-corrected chi connectivity index (χ4v) is 1.59.